The highest BCUT2D eigenvalue weighted by Crippen LogP contribution is 2.29. The highest BCUT2D eigenvalue weighted by atomic mass is 16.5. The molecular weight excluding hydrogens is 322 g/mol. The number of rotatable bonds is 3. The van der Waals surface area contributed by atoms with Gasteiger partial charge in [0.15, 0.2) is 11.5 Å². The van der Waals surface area contributed by atoms with Gasteiger partial charge in [0.2, 0.25) is 5.88 Å². The third-order valence-electron chi connectivity index (χ3n) is 3.74. The van der Waals surface area contributed by atoms with Gasteiger partial charge in [-0.3, -0.25) is 4.79 Å². The summed E-state index contributed by atoms with van der Waals surface area (Å²) in [7, 11) is 0. The van der Waals surface area contributed by atoms with E-state index in [1.807, 2.05) is 6.92 Å². The van der Waals surface area contributed by atoms with E-state index in [0.717, 1.165) is 10.5 Å². The third kappa shape index (κ3) is 2.99. The van der Waals surface area contributed by atoms with Gasteiger partial charge in [0.1, 0.15) is 17.6 Å². The van der Waals surface area contributed by atoms with Crippen LogP contribution in [0.1, 0.15) is 19.4 Å². The first-order valence-electron chi connectivity index (χ1n) is 7.46. The zero-order valence-corrected chi connectivity index (χ0v) is 13.9. The number of carbonyl (C=O) groups is 2. The number of urea groups is 1. The number of aryl methyl sites for hydroxylation is 1. The molecule has 1 saturated heterocycles. The van der Waals surface area contributed by atoms with Gasteiger partial charge in [0.25, 0.3) is 5.91 Å². The molecule has 1 N–H and O–H groups in total. The predicted octanol–water partition coefficient (Wildman–Crippen LogP) is 2.96. The summed E-state index contributed by atoms with van der Waals surface area (Å²) < 4.78 is 5.63. The van der Waals surface area contributed by atoms with Gasteiger partial charge in [0, 0.05) is 6.07 Å². The molecule has 0 saturated carbocycles. The van der Waals surface area contributed by atoms with E-state index in [9.17, 15) is 9.59 Å². The monoisotopic (exact) mass is 337 g/mol. The van der Waals surface area contributed by atoms with Crippen molar-refractivity contribution in [2.75, 3.05) is 4.90 Å². The molecule has 2 aromatic rings. The van der Waals surface area contributed by atoms with Gasteiger partial charge < -0.3 is 10.1 Å². The first-order valence-corrected chi connectivity index (χ1v) is 7.46. The van der Waals surface area contributed by atoms with E-state index in [-0.39, 0.29) is 11.7 Å². The average molecular weight is 337 g/mol. The van der Waals surface area contributed by atoms with Crippen LogP contribution in [-0.2, 0) is 4.79 Å². The summed E-state index contributed by atoms with van der Waals surface area (Å²) in [6, 6.07) is 5.93. The molecule has 8 nitrogen and oxygen atoms in total. The summed E-state index contributed by atoms with van der Waals surface area (Å²) in [5.74, 6) is 0.303. The van der Waals surface area contributed by atoms with Crippen LogP contribution in [0.15, 0.2) is 30.6 Å². The number of amides is 3. The molecule has 1 aliphatic heterocycles. The van der Waals surface area contributed by atoms with Crippen LogP contribution in [0, 0.1) is 13.5 Å². The number of hydrogen-bond donors (Lipinski definition) is 1. The number of nitrogens with zero attached hydrogens (tertiary/aromatic N) is 4. The zero-order valence-electron chi connectivity index (χ0n) is 13.9. The van der Waals surface area contributed by atoms with Gasteiger partial charge in [-0.1, -0.05) is 6.07 Å². The Balaban J connectivity index is 1.89. The first-order chi connectivity index (χ1) is 11.8. The molecule has 126 valence electrons. The number of ether oxygens (including phenoxy) is 1. The number of benzene rings is 1. The summed E-state index contributed by atoms with van der Waals surface area (Å²) in [5.41, 5.74) is 0.319. The van der Waals surface area contributed by atoms with E-state index in [4.69, 9.17) is 11.3 Å². The Labute approximate surface area is 144 Å². The maximum atomic E-state index is 12.3. The summed E-state index contributed by atoms with van der Waals surface area (Å²) >= 11 is 0. The fraction of sp³-hybridized carbons (Fsp3) is 0.235. The average Bonchev–Trinajstić information content (AvgIpc) is 2.77. The lowest BCUT2D eigenvalue weighted by Gasteiger charge is -2.15. The van der Waals surface area contributed by atoms with Crippen LogP contribution in [0.4, 0.5) is 16.3 Å². The van der Waals surface area contributed by atoms with Crippen LogP contribution < -0.4 is 15.0 Å². The van der Waals surface area contributed by atoms with E-state index in [0.29, 0.717) is 11.4 Å². The summed E-state index contributed by atoms with van der Waals surface area (Å²) in [4.78, 5) is 36.7. The fourth-order valence-electron chi connectivity index (χ4n) is 2.36. The van der Waals surface area contributed by atoms with Crippen molar-refractivity contribution in [3.05, 3.63) is 47.6 Å². The van der Waals surface area contributed by atoms with Crippen molar-refractivity contribution in [3.63, 3.8) is 0 Å². The second-order valence-electron chi connectivity index (χ2n) is 6.07. The van der Waals surface area contributed by atoms with Gasteiger partial charge in [-0.2, -0.15) is 0 Å². The molecule has 1 aliphatic rings. The molecule has 2 heterocycles. The molecule has 0 aliphatic carbocycles. The van der Waals surface area contributed by atoms with E-state index in [1.54, 1.807) is 32.0 Å². The Morgan fingerprint density at radius 3 is 2.64 bits per heavy atom. The number of nitrogens with one attached hydrogen (secondary N) is 1. The molecule has 3 amide bonds. The molecular formula is C17H15N5O3. The molecule has 1 fully saturated rings. The molecule has 8 heteroatoms. The summed E-state index contributed by atoms with van der Waals surface area (Å²) in [6.45, 7) is 12.2. The highest BCUT2D eigenvalue weighted by molar-refractivity contribution is 6.22. The van der Waals surface area contributed by atoms with Gasteiger partial charge in [-0.15, -0.1) is 0 Å². The maximum Gasteiger partial charge on any atom is 0.330 e. The van der Waals surface area contributed by atoms with Crippen LogP contribution in [0.5, 0.6) is 11.6 Å². The smallest absolute Gasteiger partial charge is 0.330 e. The second-order valence-corrected chi connectivity index (χ2v) is 6.07. The molecule has 0 bridgehead atoms. The summed E-state index contributed by atoms with van der Waals surface area (Å²) in [6.07, 6.45) is 1.21. The Kier molecular flexibility index (Phi) is 3.85. The highest BCUT2D eigenvalue weighted by Gasteiger charge is 2.45. The Bertz CT molecular complexity index is 917. The van der Waals surface area contributed by atoms with Crippen LogP contribution in [0.2, 0.25) is 0 Å². The Morgan fingerprint density at radius 2 is 2.00 bits per heavy atom. The number of imide groups is 1. The Morgan fingerprint density at radius 1 is 1.24 bits per heavy atom. The standard InChI is InChI=1S/C17H15N5O3/c1-10-5-6-11(7-12(10)18-4)25-14-8-13(19-9-20-14)22-15(23)17(2,3)21-16(22)24/h5-9H,1-3H3,(H,21,24). The summed E-state index contributed by atoms with van der Waals surface area (Å²) in [5, 5.41) is 2.58. The minimum absolute atomic E-state index is 0.121. The molecule has 1 aromatic carbocycles. The fourth-order valence-corrected chi connectivity index (χ4v) is 2.36. The lowest BCUT2D eigenvalue weighted by atomic mass is 10.1. The minimum Gasteiger partial charge on any atom is -0.440 e. The lowest BCUT2D eigenvalue weighted by molar-refractivity contribution is -0.121. The van der Waals surface area contributed by atoms with Gasteiger partial charge in [-0.25, -0.2) is 24.5 Å². The Hall–Kier alpha value is -3.47. The van der Waals surface area contributed by atoms with Crippen molar-refractivity contribution in [2.45, 2.75) is 26.3 Å². The van der Waals surface area contributed by atoms with E-state index in [2.05, 4.69) is 20.1 Å². The predicted molar refractivity (Wildman–Crippen MR) is 89.6 cm³/mol. The van der Waals surface area contributed by atoms with Crippen LogP contribution in [0.25, 0.3) is 4.85 Å². The van der Waals surface area contributed by atoms with Crippen molar-refractivity contribution in [3.8, 4) is 11.6 Å². The van der Waals surface area contributed by atoms with Crippen molar-refractivity contribution >= 4 is 23.4 Å². The minimum atomic E-state index is -0.995. The van der Waals surface area contributed by atoms with E-state index < -0.39 is 17.5 Å². The van der Waals surface area contributed by atoms with E-state index >= 15 is 0 Å². The maximum absolute atomic E-state index is 12.3. The zero-order chi connectivity index (χ0) is 18.2. The molecule has 3 rings (SSSR count). The molecule has 0 spiro atoms. The molecule has 1 aromatic heterocycles. The lowest BCUT2D eigenvalue weighted by Crippen LogP contribution is -2.40. The number of hydrogen-bond acceptors (Lipinski definition) is 5. The topological polar surface area (TPSA) is 88.8 Å². The molecule has 0 unspecified atom stereocenters. The van der Waals surface area contributed by atoms with Gasteiger partial charge in [0.05, 0.1) is 6.57 Å². The SMILES string of the molecule is [C-]#[N+]c1cc(Oc2cc(N3C(=O)NC(C)(C)C3=O)ncn2)ccc1C. The number of carbonyl (C=O) groups excluding carboxylic acids is 2. The van der Waals surface area contributed by atoms with Crippen molar-refractivity contribution in [1.82, 2.24) is 15.3 Å². The van der Waals surface area contributed by atoms with Crippen molar-refractivity contribution in [1.29, 1.82) is 0 Å². The normalized spacial score (nSPS) is 15.7. The largest absolute Gasteiger partial charge is 0.440 e. The molecule has 25 heavy (non-hydrogen) atoms. The third-order valence-corrected chi connectivity index (χ3v) is 3.74. The number of anilines is 1. The second kappa shape index (κ2) is 5.87. The molecule has 0 radical (unpaired) electrons. The van der Waals surface area contributed by atoms with Crippen LogP contribution in [0.3, 0.4) is 0 Å². The van der Waals surface area contributed by atoms with E-state index in [1.165, 1.54) is 12.4 Å². The van der Waals surface area contributed by atoms with Crippen LogP contribution >= 0.6 is 0 Å². The van der Waals surface area contributed by atoms with Gasteiger partial charge >= 0.3 is 6.03 Å². The van der Waals surface area contributed by atoms with Gasteiger partial charge in [-0.05, 0) is 38.5 Å². The number of aromatic nitrogens is 2. The van der Waals surface area contributed by atoms with Crippen molar-refractivity contribution < 1.29 is 14.3 Å². The van der Waals surface area contributed by atoms with Crippen molar-refractivity contribution in [2.24, 2.45) is 0 Å². The molecule has 0 atom stereocenters. The quantitative estimate of drug-likeness (QED) is 0.687. The first kappa shape index (κ1) is 16.4. The van der Waals surface area contributed by atoms with Crippen LogP contribution in [-0.4, -0.2) is 27.4 Å².